The van der Waals surface area contributed by atoms with Crippen LogP contribution in [0.5, 0.6) is 0 Å². The highest BCUT2D eigenvalue weighted by atomic mass is 16.3. The van der Waals surface area contributed by atoms with Crippen molar-refractivity contribution in [2.45, 2.75) is 0 Å². The fourth-order valence-electron chi connectivity index (χ4n) is 7.46. The van der Waals surface area contributed by atoms with Gasteiger partial charge in [-0.25, -0.2) is 9.97 Å². The number of aromatic nitrogens is 2. The van der Waals surface area contributed by atoms with Crippen LogP contribution >= 0.6 is 0 Å². The molecule has 4 heteroatoms. The minimum Gasteiger partial charge on any atom is -0.455 e. The van der Waals surface area contributed by atoms with E-state index in [-0.39, 0.29) is 0 Å². The lowest BCUT2D eigenvalue weighted by Gasteiger charge is -2.25. The van der Waals surface area contributed by atoms with E-state index in [2.05, 4.69) is 169 Å². The van der Waals surface area contributed by atoms with Gasteiger partial charge in [-0.05, 0) is 77.2 Å². The Morgan fingerprint density at radius 3 is 1.44 bits per heavy atom. The van der Waals surface area contributed by atoms with E-state index < -0.39 is 0 Å². The third-order valence-electron chi connectivity index (χ3n) is 10.1. The monoisotopic (exact) mass is 691 g/mol. The molecule has 2 aromatic heterocycles. The molecule has 10 rings (SSSR count). The van der Waals surface area contributed by atoms with Crippen molar-refractivity contribution < 1.29 is 4.42 Å². The zero-order chi connectivity index (χ0) is 35.8. The topological polar surface area (TPSA) is 42.2 Å². The Hall–Kier alpha value is -7.30. The van der Waals surface area contributed by atoms with Crippen molar-refractivity contribution >= 4 is 49.8 Å². The minimum atomic E-state index is 0.656. The second kappa shape index (κ2) is 13.4. The van der Waals surface area contributed by atoms with E-state index in [1.54, 1.807) is 0 Å². The first-order valence-corrected chi connectivity index (χ1v) is 18.2. The first-order chi connectivity index (χ1) is 26.8. The highest BCUT2D eigenvalue weighted by Gasteiger charge is 2.18. The van der Waals surface area contributed by atoms with Gasteiger partial charge in [-0.1, -0.05) is 140 Å². The third-order valence-corrected chi connectivity index (χ3v) is 10.1. The molecule has 0 spiro atoms. The summed E-state index contributed by atoms with van der Waals surface area (Å²) in [5.74, 6) is 0.656. The number of anilines is 3. The molecule has 0 aliphatic heterocycles. The van der Waals surface area contributed by atoms with Crippen LogP contribution in [0.15, 0.2) is 205 Å². The van der Waals surface area contributed by atoms with Crippen molar-refractivity contribution in [3.8, 4) is 45.0 Å². The molecular weight excluding hydrogens is 659 g/mol. The maximum absolute atomic E-state index is 6.73. The van der Waals surface area contributed by atoms with Crippen LogP contribution in [0.2, 0.25) is 0 Å². The van der Waals surface area contributed by atoms with Crippen LogP contribution in [0, 0.1) is 0 Å². The molecule has 0 N–H and O–H groups in total. The van der Waals surface area contributed by atoms with Gasteiger partial charge >= 0.3 is 0 Å². The summed E-state index contributed by atoms with van der Waals surface area (Å²) in [6.45, 7) is 0. The van der Waals surface area contributed by atoms with Gasteiger partial charge in [0.05, 0.1) is 11.4 Å². The smallest absolute Gasteiger partial charge is 0.160 e. The molecule has 0 aliphatic carbocycles. The zero-order valence-electron chi connectivity index (χ0n) is 29.3. The summed E-state index contributed by atoms with van der Waals surface area (Å²) in [7, 11) is 0. The van der Waals surface area contributed by atoms with E-state index >= 15 is 0 Å². The van der Waals surface area contributed by atoms with Crippen molar-refractivity contribution in [3.63, 3.8) is 0 Å². The number of rotatable bonds is 7. The summed E-state index contributed by atoms with van der Waals surface area (Å²) in [6, 6.07) is 69.6. The van der Waals surface area contributed by atoms with Crippen molar-refractivity contribution in [2.24, 2.45) is 0 Å². The molecule has 0 amide bonds. The van der Waals surface area contributed by atoms with Crippen molar-refractivity contribution in [3.05, 3.63) is 200 Å². The quantitative estimate of drug-likeness (QED) is 0.167. The second-order valence-corrected chi connectivity index (χ2v) is 13.4. The first-order valence-electron chi connectivity index (χ1n) is 18.2. The lowest BCUT2D eigenvalue weighted by Crippen LogP contribution is -2.09. The maximum atomic E-state index is 6.73. The molecule has 0 aliphatic rings. The van der Waals surface area contributed by atoms with E-state index in [0.717, 1.165) is 89.0 Å². The number of furan rings is 1. The summed E-state index contributed by atoms with van der Waals surface area (Å²) in [5, 5.41) is 4.36. The van der Waals surface area contributed by atoms with Gasteiger partial charge in [0, 0.05) is 49.9 Å². The molecule has 0 unspecified atom stereocenters. The first kappa shape index (κ1) is 31.4. The molecule has 8 aromatic carbocycles. The molecule has 10 aromatic rings. The summed E-state index contributed by atoms with van der Waals surface area (Å²) in [4.78, 5) is 12.4. The Morgan fingerprint density at radius 2 is 0.852 bits per heavy atom. The Kier molecular flexibility index (Phi) is 7.77. The number of fused-ring (bicyclic) bond motifs is 5. The Labute approximate surface area is 313 Å². The summed E-state index contributed by atoms with van der Waals surface area (Å²) in [6.07, 6.45) is 0. The van der Waals surface area contributed by atoms with Gasteiger partial charge < -0.3 is 9.32 Å². The van der Waals surface area contributed by atoms with Gasteiger partial charge in [0.25, 0.3) is 0 Å². The fraction of sp³-hybridized carbons (Fsp3) is 0. The summed E-state index contributed by atoms with van der Waals surface area (Å²) < 4.78 is 6.73. The summed E-state index contributed by atoms with van der Waals surface area (Å²) in [5.41, 5.74) is 12.0. The molecule has 0 atom stereocenters. The van der Waals surface area contributed by atoms with Gasteiger partial charge in [-0.3, -0.25) is 0 Å². The van der Waals surface area contributed by atoms with E-state index in [1.165, 1.54) is 0 Å². The predicted molar refractivity (Wildman–Crippen MR) is 223 cm³/mol. The molecule has 0 fully saturated rings. The number of benzene rings is 8. The molecule has 2 heterocycles. The minimum absolute atomic E-state index is 0.656. The normalized spacial score (nSPS) is 11.3. The molecule has 0 radical (unpaired) electrons. The maximum Gasteiger partial charge on any atom is 0.160 e. The van der Waals surface area contributed by atoms with E-state index in [1.807, 2.05) is 36.4 Å². The van der Waals surface area contributed by atoms with Crippen LogP contribution in [0.25, 0.3) is 77.7 Å². The lowest BCUT2D eigenvalue weighted by atomic mass is 9.95. The Balaban J connectivity index is 1.09. The third kappa shape index (κ3) is 5.67. The van der Waals surface area contributed by atoms with Crippen molar-refractivity contribution in [1.82, 2.24) is 9.97 Å². The predicted octanol–water partition coefficient (Wildman–Crippen LogP) is 13.7. The summed E-state index contributed by atoms with van der Waals surface area (Å²) >= 11 is 0. The molecular formula is C50H33N3O. The second-order valence-electron chi connectivity index (χ2n) is 13.4. The van der Waals surface area contributed by atoms with Gasteiger partial charge in [-0.15, -0.1) is 0 Å². The van der Waals surface area contributed by atoms with E-state index in [9.17, 15) is 0 Å². The standard InChI is InChI=1S/C50H33N3O/c1-5-15-35(16-6-1)46-33-47(36-17-7-2-8-18-36)52-50(51-46)37-27-30-42-45-32-44(41-23-13-14-24-43(41)49(45)54-48(42)31-37)34-25-28-40(29-26-34)53(38-19-9-3-10-20-38)39-21-11-4-12-22-39/h1-33H. The van der Waals surface area contributed by atoms with Crippen LogP contribution in [0.4, 0.5) is 17.1 Å². The van der Waals surface area contributed by atoms with Crippen LogP contribution in [-0.2, 0) is 0 Å². The number of hydrogen-bond donors (Lipinski definition) is 0. The SMILES string of the molecule is c1ccc(-c2cc(-c3ccccc3)nc(-c3ccc4c(c3)oc3c5ccccc5c(-c5ccc(N(c6ccccc6)c6ccccc6)cc5)cc43)n2)cc1. The van der Waals surface area contributed by atoms with Crippen molar-refractivity contribution in [2.75, 3.05) is 4.90 Å². The number of nitrogens with zero attached hydrogens (tertiary/aromatic N) is 3. The van der Waals surface area contributed by atoms with Crippen molar-refractivity contribution in [1.29, 1.82) is 0 Å². The van der Waals surface area contributed by atoms with Gasteiger partial charge in [-0.2, -0.15) is 0 Å². The molecule has 4 nitrogen and oxygen atoms in total. The molecule has 0 saturated heterocycles. The molecule has 254 valence electrons. The molecule has 0 saturated carbocycles. The zero-order valence-corrected chi connectivity index (χ0v) is 29.3. The largest absolute Gasteiger partial charge is 0.455 e. The number of para-hydroxylation sites is 2. The Morgan fingerprint density at radius 1 is 0.352 bits per heavy atom. The lowest BCUT2D eigenvalue weighted by molar-refractivity contribution is 0.673. The Bertz CT molecular complexity index is 2810. The van der Waals surface area contributed by atoms with Crippen LogP contribution in [0.1, 0.15) is 0 Å². The van der Waals surface area contributed by atoms with Crippen LogP contribution in [0.3, 0.4) is 0 Å². The van der Waals surface area contributed by atoms with Gasteiger partial charge in [0.2, 0.25) is 0 Å². The van der Waals surface area contributed by atoms with Crippen LogP contribution < -0.4 is 4.90 Å². The van der Waals surface area contributed by atoms with Gasteiger partial charge in [0.15, 0.2) is 5.82 Å². The van der Waals surface area contributed by atoms with Crippen LogP contribution in [-0.4, -0.2) is 9.97 Å². The molecule has 0 bridgehead atoms. The van der Waals surface area contributed by atoms with Gasteiger partial charge in [0.1, 0.15) is 11.2 Å². The van der Waals surface area contributed by atoms with E-state index in [4.69, 9.17) is 14.4 Å². The highest BCUT2D eigenvalue weighted by molar-refractivity contribution is 6.19. The van der Waals surface area contributed by atoms with E-state index in [0.29, 0.717) is 5.82 Å². The highest BCUT2D eigenvalue weighted by Crippen LogP contribution is 2.42. The fourth-order valence-corrected chi connectivity index (χ4v) is 7.46. The average Bonchev–Trinajstić information content (AvgIpc) is 3.63. The molecule has 54 heavy (non-hydrogen) atoms. The average molecular weight is 692 g/mol. The number of hydrogen-bond acceptors (Lipinski definition) is 4.